The summed E-state index contributed by atoms with van der Waals surface area (Å²) < 4.78 is 26.5. The van der Waals surface area contributed by atoms with Crippen LogP contribution in [0.15, 0.2) is 59.5 Å². The van der Waals surface area contributed by atoms with E-state index in [2.05, 4.69) is 0 Å². The molecule has 0 radical (unpaired) electrons. The SMILES string of the molecule is CCN(c1ccccc1)S(=O)(=O)c1ccc([N+](=O)[O-])cc1. The summed E-state index contributed by atoms with van der Waals surface area (Å²) in [5.41, 5.74) is 0.412. The van der Waals surface area contributed by atoms with Gasteiger partial charge < -0.3 is 0 Å². The van der Waals surface area contributed by atoms with Crippen LogP contribution in [0.5, 0.6) is 0 Å². The van der Waals surface area contributed by atoms with Crippen LogP contribution in [0.4, 0.5) is 11.4 Å². The molecule has 2 aromatic carbocycles. The average molecular weight is 306 g/mol. The molecule has 7 heteroatoms. The highest BCUT2D eigenvalue weighted by Crippen LogP contribution is 2.24. The number of nitro groups is 1. The Hall–Kier alpha value is -2.41. The fourth-order valence-corrected chi connectivity index (χ4v) is 3.43. The molecule has 2 aromatic rings. The van der Waals surface area contributed by atoms with Gasteiger partial charge in [0.2, 0.25) is 0 Å². The highest BCUT2D eigenvalue weighted by atomic mass is 32.2. The maximum atomic E-state index is 12.6. The van der Waals surface area contributed by atoms with Gasteiger partial charge in [0.25, 0.3) is 15.7 Å². The molecule has 0 N–H and O–H groups in total. The van der Waals surface area contributed by atoms with E-state index < -0.39 is 14.9 Å². The van der Waals surface area contributed by atoms with Gasteiger partial charge in [0.15, 0.2) is 0 Å². The van der Waals surface area contributed by atoms with Crippen LogP contribution in [0.25, 0.3) is 0 Å². The minimum atomic E-state index is -3.74. The fraction of sp³-hybridized carbons (Fsp3) is 0.143. The van der Waals surface area contributed by atoms with Crippen molar-refractivity contribution < 1.29 is 13.3 Å². The Bertz CT molecular complexity index is 727. The fourth-order valence-electron chi connectivity index (χ4n) is 1.95. The van der Waals surface area contributed by atoms with E-state index in [4.69, 9.17) is 0 Å². The molecule has 0 aromatic heterocycles. The van der Waals surface area contributed by atoms with E-state index in [1.165, 1.54) is 28.6 Å². The van der Waals surface area contributed by atoms with Crippen molar-refractivity contribution in [3.05, 3.63) is 64.7 Å². The van der Waals surface area contributed by atoms with Crippen LogP contribution in [0, 0.1) is 10.1 Å². The van der Waals surface area contributed by atoms with Gasteiger partial charge in [-0.1, -0.05) is 18.2 Å². The number of anilines is 1. The zero-order valence-corrected chi connectivity index (χ0v) is 12.2. The van der Waals surface area contributed by atoms with E-state index in [1.54, 1.807) is 37.3 Å². The predicted octanol–water partition coefficient (Wildman–Crippen LogP) is 2.81. The largest absolute Gasteiger partial charge is 0.269 e. The maximum absolute atomic E-state index is 12.6. The monoisotopic (exact) mass is 306 g/mol. The lowest BCUT2D eigenvalue weighted by molar-refractivity contribution is -0.384. The van der Waals surface area contributed by atoms with Crippen LogP contribution in [-0.4, -0.2) is 19.9 Å². The number of hydrogen-bond acceptors (Lipinski definition) is 4. The van der Waals surface area contributed by atoms with E-state index in [0.717, 1.165) is 0 Å². The summed E-state index contributed by atoms with van der Waals surface area (Å²) in [5.74, 6) is 0. The van der Waals surface area contributed by atoms with Gasteiger partial charge in [-0.3, -0.25) is 14.4 Å². The Morgan fingerprint density at radius 1 is 1.05 bits per heavy atom. The van der Waals surface area contributed by atoms with E-state index in [9.17, 15) is 18.5 Å². The lowest BCUT2D eigenvalue weighted by Gasteiger charge is -2.22. The lowest BCUT2D eigenvalue weighted by atomic mass is 10.3. The van der Waals surface area contributed by atoms with Crippen LogP contribution in [0.1, 0.15) is 6.92 Å². The first-order valence-electron chi connectivity index (χ1n) is 6.29. The van der Waals surface area contributed by atoms with Crippen molar-refractivity contribution in [2.45, 2.75) is 11.8 Å². The quantitative estimate of drug-likeness (QED) is 0.628. The van der Waals surface area contributed by atoms with Gasteiger partial charge in [-0.05, 0) is 31.2 Å². The summed E-state index contributed by atoms with van der Waals surface area (Å²) in [6.45, 7) is 2.00. The Balaban J connectivity index is 2.42. The minimum absolute atomic E-state index is 0.0267. The molecule has 6 nitrogen and oxygen atoms in total. The van der Waals surface area contributed by atoms with Crippen molar-refractivity contribution in [1.29, 1.82) is 0 Å². The molecule has 2 rings (SSSR count). The number of sulfonamides is 1. The minimum Gasteiger partial charge on any atom is -0.267 e. The van der Waals surface area contributed by atoms with Gasteiger partial charge in [-0.25, -0.2) is 8.42 Å². The second-order valence-corrected chi connectivity index (χ2v) is 6.12. The molecular weight excluding hydrogens is 292 g/mol. The molecular formula is C14H14N2O4S. The number of rotatable bonds is 5. The van der Waals surface area contributed by atoms with E-state index in [1.807, 2.05) is 0 Å². The highest BCUT2D eigenvalue weighted by molar-refractivity contribution is 7.92. The normalized spacial score (nSPS) is 11.1. The van der Waals surface area contributed by atoms with Gasteiger partial charge in [-0.2, -0.15) is 0 Å². The van der Waals surface area contributed by atoms with E-state index in [0.29, 0.717) is 5.69 Å². The summed E-state index contributed by atoms with van der Waals surface area (Å²) in [6.07, 6.45) is 0. The molecule has 0 fully saturated rings. The van der Waals surface area contributed by atoms with E-state index >= 15 is 0 Å². The van der Waals surface area contributed by atoms with Crippen molar-refractivity contribution in [2.75, 3.05) is 10.8 Å². The molecule has 0 bridgehead atoms. The van der Waals surface area contributed by atoms with Crippen LogP contribution in [0.2, 0.25) is 0 Å². The molecule has 0 atom stereocenters. The second-order valence-electron chi connectivity index (χ2n) is 4.26. The number of hydrogen-bond donors (Lipinski definition) is 0. The van der Waals surface area contributed by atoms with Gasteiger partial charge in [0.1, 0.15) is 0 Å². The zero-order valence-electron chi connectivity index (χ0n) is 11.3. The summed E-state index contributed by atoms with van der Waals surface area (Å²) >= 11 is 0. The highest BCUT2D eigenvalue weighted by Gasteiger charge is 2.23. The molecule has 21 heavy (non-hydrogen) atoms. The van der Waals surface area contributed by atoms with Gasteiger partial charge in [0, 0.05) is 18.7 Å². The molecule has 0 aliphatic heterocycles. The molecule has 0 amide bonds. The molecule has 0 aliphatic carbocycles. The summed E-state index contributed by atoms with van der Waals surface area (Å²) in [5, 5.41) is 10.6. The molecule has 0 heterocycles. The Kier molecular flexibility index (Phi) is 4.23. The van der Waals surface area contributed by atoms with Crippen LogP contribution in [0.3, 0.4) is 0 Å². The van der Waals surface area contributed by atoms with Crippen molar-refractivity contribution >= 4 is 21.4 Å². The first-order valence-corrected chi connectivity index (χ1v) is 7.73. The maximum Gasteiger partial charge on any atom is 0.269 e. The molecule has 0 saturated carbocycles. The third-order valence-electron chi connectivity index (χ3n) is 2.97. The Labute approximate surface area is 122 Å². The third kappa shape index (κ3) is 3.03. The van der Waals surface area contributed by atoms with Gasteiger partial charge in [0.05, 0.1) is 15.5 Å². The standard InChI is InChI=1S/C14H14N2O4S/c1-2-15(12-6-4-3-5-7-12)21(19,20)14-10-8-13(9-11-14)16(17)18/h3-11H,2H2,1H3. The number of para-hydroxylation sites is 1. The first-order chi connectivity index (χ1) is 9.96. The molecule has 0 saturated heterocycles. The average Bonchev–Trinajstić information content (AvgIpc) is 2.49. The second kappa shape index (κ2) is 5.92. The van der Waals surface area contributed by atoms with Crippen LogP contribution in [-0.2, 0) is 10.0 Å². The Morgan fingerprint density at radius 2 is 1.62 bits per heavy atom. The number of nitro benzene ring substituents is 1. The Morgan fingerprint density at radius 3 is 2.10 bits per heavy atom. The topological polar surface area (TPSA) is 80.5 Å². The smallest absolute Gasteiger partial charge is 0.267 e. The van der Waals surface area contributed by atoms with Crippen molar-refractivity contribution in [1.82, 2.24) is 0 Å². The molecule has 0 aliphatic rings. The molecule has 0 spiro atoms. The van der Waals surface area contributed by atoms with Crippen molar-refractivity contribution in [2.24, 2.45) is 0 Å². The lowest BCUT2D eigenvalue weighted by Crippen LogP contribution is -2.30. The third-order valence-corrected chi connectivity index (χ3v) is 4.88. The van der Waals surface area contributed by atoms with Gasteiger partial charge in [-0.15, -0.1) is 0 Å². The predicted molar refractivity (Wildman–Crippen MR) is 79.7 cm³/mol. The number of benzene rings is 2. The summed E-state index contributed by atoms with van der Waals surface area (Å²) in [6, 6.07) is 13.6. The summed E-state index contributed by atoms with van der Waals surface area (Å²) in [7, 11) is -3.74. The van der Waals surface area contributed by atoms with Crippen LogP contribution >= 0.6 is 0 Å². The number of nitrogens with zero attached hydrogens (tertiary/aromatic N) is 2. The zero-order chi connectivity index (χ0) is 15.5. The summed E-state index contributed by atoms with van der Waals surface area (Å²) in [4.78, 5) is 10.1. The number of non-ortho nitro benzene ring substituents is 1. The van der Waals surface area contributed by atoms with E-state index in [-0.39, 0.29) is 17.1 Å². The first kappa shape index (κ1) is 15.0. The van der Waals surface area contributed by atoms with Gasteiger partial charge >= 0.3 is 0 Å². The van der Waals surface area contributed by atoms with Crippen molar-refractivity contribution in [3.63, 3.8) is 0 Å². The molecule has 0 unspecified atom stereocenters. The molecule has 110 valence electrons. The van der Waals surface area contributed by atoms with Crippen molar-refractivity contribution in [3.8, 4) is 0 Å². The van der Waals surface area contributed by atoms with Crippen LogP contribution < -0.4 is 4.31 Å².